The Hall–Kier alpha value is -2.07. The van der Waals surface area contributed by atoms with Gasteiger partial charge in [0.05, 0.1) is 0 Å². The standard InChI is InChI=1S/C15H16ClN3O/c1-11-5-7-12(8-6-11)15(20)18-10-9-17-14-4-2-3-13(16)19-14/h2-8H,9-10H2,1H3,(H,17,19)(H,18,20). The molecule has 20 heavy (non-hydrogen) atoms. The first-order valence-corrected chi connectivity index (χ1v) is 6.74. The summed E-state index contributed by atoms with van der Waals surface area (Å²) in [6, 6.07) is 12.8. The molecule has 0 radical (unpaired) electrons. The minimum absolute atomic E-state index is 0.0779. The molecule has 0 spiro atoms. The first-order chi connectivity index (χ1) is 9.65. The van der Waals surface area contributed by atoms with Gasteiger partial charge >= 0.3 is 0 Å². The second kappa shape index (κ2) is 6.91. The predicted molar refractivity (Wildman–Crippen MR) is 81.2 cm³/mol. The van der Waals surface area contributed by atoms with Crippen LogP contribution in [0.5, 0.6) is 0 Å². The summed E-state index contributed by atoms with van der Waals surface area (Å²) in [5.41, 5.74) is 1.80. The van der Waals surface area contributed by atoms with E-state index >= 15 is 0 Å². The number of pyridine rings is 1. The van der Waals surface area contributed by atoms with E-state index in [0.29, 0.717) is 29.6 Å². The summed E-state index contributed by atoms with van der Waals surface area (Å²) in [5.74, 6) is 0.618. The highest BCUT2D eigenvalue weighted by Gasteiger charge is 2.03. The maximum atomic E-state index is 11.8. The van der Waals surface area contributed by atoms with Crippen molar-refractivity contribution in [3.63, 3.8) is 0 Å². The van der Waals surface area contributed by atoms with E-state index < -0.39 is 0 Å². The number of hydrogen-bond donors (Lipinski definition) is 2. The molecule has 5 heteroatoms. The zero-order valence-corrected chi connectivity index (χ0v) is 11.9. The van der Waals surface area contributed by atoms with Crippen LogP contribution in [0.3, 0.4) is 0 Å². The quantitative estimate of drug-likeness (QED) is 0.657. The smallest absolute Gasteiger partial charge is 0.251 e. The molecule has 0 aliphatic carbocycles. The Morgan fingerprint density at radius 1 is 1.15 bits per heavy atom. The molecule has 104 valence electrons. The van der Waals surface area contributed by atoms with E-state index in [0.717, 1.165) is 5.56 Å². The molecule has 0 aliphatic heterocycles. The Balaban J connectivity index is 1.76. The van der Waals surface area contributed by atoms with Gasteiger partial charge < -0.3 is 10.6 Å². The van der Waals surface area contributed by atoms with Gasteiger partial charge in [0.2, 0.25) is 0 Å². The van der Waals surface area contributed by atoms with Crippen molar-refractivity contribution in [1.82, 2.24) is 10.3 Å². The molecule has 2 aromatic rings. The van der Waals surface area contributed by atoms with Crippen molar-refractivity contribution in [2.24, 2.45) is 0 Å². The molecule has 1 amide bonds. The zero-order chi connectivity index (χ0) is 14.4. The average molecular weight is 290 g/mol. The third-order valence-electron chi connectivity index (χ3n) is 2.75. The third kappa shape index (κ3) is 4.24. The largest absolute Gasteiger partial charge is 0.368 e. The van der Waals surface area contributed by atoms with E-state index in [1.165, 1.54) is 0 Å². The van der Waals surface area contributed by atoms with Crippen molar-refractivity contribution < 1.29 is 4.79 Å². The van der Waals surface area contributed by atoms with Crippen LogP contribution < -0.4 is 10.6 Å². The van der Waals surface area contributed by atoms with Gasteiger partial charge in [0.15, 0.2) is 0 Å². The summed E-state index contributed by atoms with van der Waals surface area (Å²) in [7, 11) is 0. The molecule has 0 bridgehead atoms. The molecular formula is C15H16ClN3O. The van der Waals surface area contributed by atoms with Crippen LogP contribution in [0.15, 0.2) is 42.5 Å². The molecule has 0 saturated heterocycles. The summed E-state index contributed by atoms with van der Waals surface area (Å²) >= 11 is 5.78. The van der Waals surface area contributed by atoms with E-state index in [9.17, 15) is 4.79 Å². The van der Waals surface area contributed by atoms with E-state index in [2.05, 4.69) is 15.6 Å². The van der Waals surface area contributed by atoms with Crippen molar-refractivity contribution in [2.75, 3.05) is 18.4 Å². The topological polar surface area (TPSA) is 54.0 Å². The number of halogens is 1. The summed E-state index contributed by atoms with van der Waals surface area (Å²) < 4.78 is 0. The van der Waals surface area contributed by atoms with Crippen molar-refractivity contribution in [2.45, 2.75) is 6.92 Å². The zero-order valence-electron chi connectivity index (χ0n) is 11.2. The molecule has 0 saturated carbocycles. The van der Waals surface area contributed by atoms with Crippen molar-refractivity contribution in [3.8, 4) is 0 Å². The number of carbonyl (C=O) groups excluding carboxylic acids is 1. The second-order valence-corrected chi connectivity index (χ2v) is 4.78. The Labute approximate surface area is 123 Å². The van der Waals surface area contributed by atoms with Crippen LogP contribution in [0.1, 0.15) is 15.9 Å². The first kappa shape index (κ1) is 14.3. The van der Waals surface area contributed by atoms with Gasteiger partial charge in [0.25, 0.3) is 5.91 Å². The van der Waals surface area contributed by atoms with Crippen LogP contribution in [-0.2, 0) is 0 Å². The highest BCUT2D eigenvalue weighted by molar-refractivity contribution is 6.29. The molecule has 0 aliphatic rings. The van der Waals surface area contributed by atoms with E-state index in [1.807, 2.05) is 43.3 Å². The van der Waals surface area contributed by atoms with Gasteiger partial charge in [-0.25, -0.2) is 4.98 Å². The maximum absolute atomic E-state index is 11.8. The molecular weight excluding hydrogens is 274 g/mol. The van der Waals surface area contributed by atoms with E-state index in [1.54, 1.807) is 6.07 Å². The second-order valence-electron chi connectivity index (χ2n) is 4.39. The number of benzene rings is 1. The summed E-state index contributed by atoms with van der Waals surface area (Å²) in [4.78, 5) is 15.9. The van der Waals surface area contributed by atoms with Crippen LogP contribution in [-0.4, -0.2) is 24.0 Å². The number of rotatable bonds is 5. The van der Waals surface area contributed by atoms with Gasteiger partial charge in [-0.05, 0) is 31.2 Å². The minimum Gasteiger partial charge on any atom is -0.368 e. The van der Waals surface area contributed by atoms with Gasteiger partial charge in [0.1, 0.15) is 11.0 Å². The predicted octanol–water partition coefficient (Wildman–Crippen LogP) is 2.89. The highest BCUT2D eigenvalue weighted by atomic mass is 35.5. The van der Waals surface area contributed by atoms with Crippen LogP contribution in [0.4, 0.5) is 5.82 Å². The van der Waals surface area contributed by atoms with Crippen molar-refractivity contribution in [1.29, 1.82) is 0 Å². The minimum atomic E-state index is -0.0779. The SMILES string of the molecule is Cc1ccc(C(=O)NCCNc2cccc(Cl)n2)cc1. The van der Waals surface area contributed by atoms with Crippen molar-refractivity contribution >= 4 is 23.3 Å². The van der Waals surface area contributed by atoms with Gasteiger partial charge in [-0.1, -0.05) is 35.4 Å². The molecule has 2 rings (SSSR count). The fourth-order valence-electron chi connectivity index (χ4n) is 1.68. The summed E-state index contributed by atoms with van der Waals surface area (Å²) in [6.45, 7) is 3.09. The number of hydrogen-bond acceptors (Lipinski definition) is 3. The molecule has 4 nitrogen and oxygen atoms in total. The Bertz CT molecular complexity index is 584. The molecule has 1 heterocycles. The monoisotopic (exact) mass is 289 g/mol. The number of nitrogens with zero attached hydrogens (tertiary/aromatic N) is 1. The van der Waals surface area contributed by atoms with Gasteiger partial charge in [-0.15, -0.1) is 0 Å². The van der Waals surface area contributed by atoms with Crippen molar-refractivity contribution in [3.05, 3.63) is 58.7 Å². The lowest BCUT2D eigenvalue weighted by Gasteiger charge is -2.07. The fraction of sp³-hybridized carbons (Fsp3) is 0.200. The summed E-state index contributed by atoms with van der Waals surface area (Å²) in [5, 5.41) is 6.38. The maximum Gasteiger partial charge on any atom is 0.251 e. The van der Waals surface area contributed by atoms with Crippen LogP contribution in [0.2, 0.25) is 5.15 Å². The van der Waals surface area contributed by atoms with E-state index in [-0.39, 0.29) is 5.91 Å². The van der Waals surface area contributed by atoms with Crippen LogP contribution >= 0.6 is 11.6 Å². The number of nitrogens with one attached hydrogen (secondary N) is 2. The van der Waals surface area contributed by atoms with E-state index in [4.69, 9.17) is 11.6 Å². The highest BCUT2D eigenvalue weighted by Crippen LogP contribution is 2.08. The van der Waals surface area contributed by atoms with Crippen LogP contribution in [0.25, 0.3) is 0 Å². The lowest BCUT2D eigenvalue weighted by Crippen LogP contribution is -2.28. The number of anilines is 1. The molecule has 1 aromatic heterocycles. The average Bonchev–Trinajstić information content (AvgIpc) is 2.44. The summed E-state index contributed by atoms with van der Waals surface area (Å²) in [6.07, 6.45) is 0. The number of carbonyl (C=O) groups is 1. The molecule has 1 aromatic carbocycles. The van der Waals surface area contributed by atoms with Crippen LogP contribution in [0, 0.1) is 6.92 Å². The molecule has 0 fully saturated rings. The normalized spacial score (nSPS) is 10.1. The Morgan fingerprint density at radius 3 is 2.60 bits per heavy atom. The molecule has 2 N–H and O–H groups in total. The fourth-order valence-corrected chi connectivity index (χ4v) is 1.84. The number of aromatic nitrogens is 1. The number of amides is 1. The lowest BCUT2D eigenvalue weighted by molar-refractivity contribution is 0.0955. The lowest BCUT2D eigenvalue weighted by atomic mass is 10.1. The number of aryl methyl sites for hydroxylation is 1. The van der Waals surface area contributed by atoms with Gasteiger partial charge in [-0.3, -0.25) is 4.79 Å². The molecule has 0 unspecified atom stereocenters. The Kier molecular flexibility index (Phi) is 4.96. The van der Waals surface area contributed by atoms with Gasteiger partial charge in [-0.2, -0.15) is 0 Å². The molecule has 0 atom stereocenters. The van der Waals surface area contributed by atoms with Gasteiger partial charge in [0, 0.05) is 18.7 Å². The third-order valence-corrected chi connectivity index (χ3v) is 2.96. The first-order valence-electron chi connectivity index (χ1n) is 6.36. The Morgan fingerprint density at radius 2 is 1.90 bits per heavy atom.